The molecule has 0 saturated heterocycles. The van der Waals surface area contributed by atoms with Crippen molar-refractivity contribution >= 4 is 17.8 Å². The fourth-order valence-corrected chi connectivity index (χ4v) is 1.21. The second-order valence-electron chi connectivity index (χ2n) is 2.92. The number of alkyl halides is 1. The van der Waals surface area contributed by atoms with E-state index in [1.165, 1.54) is 6.21 Å². The summed E-state index contributed by atoms with van der Waals surface area (Å²) in [5.41, 5.74) is 0.857. The Hall–Kier alpha value is -1.13. The van der Waals surface area contributed by atoms with E-state index in [0.717, 1.165) is 12.1 Å². The number of aromatic nitrogens is 1. The van der Waals surface area contributed by atoms with Crippen molar-refractivity contribution in [3.8, 4) is 0 Å². The Morgan fingerprint density at radius 3 is 2.73 bits per heavy atom. The number of oxime groups is 1. The van der Waals surface area contributed by atoms with Crippen LogP contribution in [0.1, 0.15) is 5.56 Å². The van der Waals surface area contributed by atoms with Crippen LogP contribution in [-0.2, 0) is 11.3 Å². The van der Waals surface area contributed by atoms with Crippen molar-refractivity contribution in [1.29, 1.82) is 0 Å². The van der Waals surface area contributed by atoms with Gasteiger partial charge in [0.2, 0.25) is 0 Å². The van der Waals surface area contributed by atoms with Crippen LogP contribution in [0, 0.1) is 0 Å². The summed E-state index contributed by atoms with van der Waals surface area (Å²) in [4.78, 5) is 0. The summed E-state index contributed by atoms with van der Waals surface area (Å²) in [5.74, 6) is 0.524. The van der Waals surface area contributed by atoms with Crippen molar-refractivity contribution in [1.82, 2.24) is 0 Å². The smallest absolute Gasteiger partial charge is 0.171 e. The van der Waals surface area contributed by atoms with E-state index in [2.05, 4.69) is 5.16 Å². The molecule has 1 aromatic heterocycles. The Morgan fingerprint density at radius 1 is 1.40 bits per heavy atom. The van der Waals surface area contributed by atoms with Gasteiger partial charge in [-0.1, -0.05) is 5.16 Å². The molecule has 0 amide bonds. The average molecular weight is 230 g/mol. The molecule has 1 N–H and O–H groups in total. The Morgan fingerprint density at radius 2 is 2.13 bits per heavy atom. The molecule has 1 heterocycles. The molecule has 0 saturated carbocycles. The monoisotopic (exact) mass is 229 g/mol. The lowest BCUT2D eigenvalue weighted by molar-refractivity contribution is -0.698. The van der Waals surface area contributed by atoms with E-state index in [1.807, 2.05) is 29.1 Å². The molecule has 0 aromatic carbocycles. The largest absolute Gasteiger partial charge is 0.411 e. The van der Waals surface area contributed by atoms with Crippen molar-refractivity contribution in [2.45, 2.75) is 6.54 Å². The fraction of sp³-hybridized carbons (Fsp3) is 0.400. The predicted molar refractivity (Wildman–Crippen MR) is 57.6 cm³/mol. The number of ether oxygens (including phenoxy) is 1. The van der Waals surface area contributed by atoms with Crippen molar-refractivity contribution in [2.24, 2.45) is 5.16 Å². The van der Waals surface area contributed by atoms with E-state index in [0.29, 0.717) is 19.1 Å². The molecule has 0 spiro atoms. The van der Waals surface area contributed by atoms with Crippen LogP contribution in [-0.4, -0.2) is 30.5 Å². The van der Waals surface area contributed by atoms with Crippen LogP contribution >= 0.6 is 11.6 Å². The summed E-state index contributed by atoms with van der Waals surface area (Å²) >= 11 is 5.47. The molecular weight excluding hydrogens is 216 g/mol. The summed E-state index contributed by atoms with van der Waals surface area (Å²) in [6.45, 7) is 2.01. The summed E-state index contributed by atoms with van der Waals surface area (Å²) in [5, 5.41) is 11.3. The van der Waals surface area contributed by atoms with E-state index < -0.39 is 0 Å². The Kier molecular flexibility index (Phi) is 5.73. The zero-order valence-corrected chi connectivity index (χ0v) is 9.10. The van der Waals surface area contributed by atoms with Gasteiger partial charge in [0.25, 0.3) is 0 Å². The van der Waals surface area contributed by atoms with Gasteiger partial charge in [0.05, 0.1) is 12.8 Å². The standard InChI is InChI=1S/C10H13ClN2O2/c11-3-7-15-8-6-13-4-1-10(2-5-13)9-12-14/h1-2,4-5,9H,3,6-8H2/p+1. The molecule has 15 heavy (non-hydrogen) atoms. The number of rotatable bonds is 6. The molecule has 0 fully saturated rings. The van der Waals surface area contributed by atoms with Gasteiger partial charge < -0.3 is 9.94 Å². The first-order chi connectivity index (χ1) is 7.36. The Labute approximate surface area is 93.7 Å². The van der Waals surface area contributed by atoms with Crippen LogP contribution in [0.3, 0.4) is 0 Å². The fourth-order valence-electron chi connectivity index (χ4n) is 1.10. The van der Waals surface area contributed by atoms with Crippen LogP contribution in [0.5, 0.6) is 0 Å². The minimum Gasteiger partial charge on any atom is -0.411 e. The zero-order valence-electron chi connectivity index (χ0n) is 8.34. The normalized spacial score (nSPS) is 11.0. The van der Waals surface area contributed by atoms with E-state index in [-0.39, 0.29) is 0 Å². The van der Waals surface area contributed by atoms with Crippen LogP contribution in [0.4, 0.5) is 0 Å². The molecule has 0 unspecified atom stereocenters. The highest BCUT2D eigenvalue weighted by molar-refractivity contribution is 6.17. The minimum atomic E-state index is 0.524. The second-order valence-corrected chi connectivity index (χ2v) is 3.29. The highest BCUT2D eigenvalue weighted by Crippen LogP contribution is 1.90. The maximum atomic E-state index is 8.32. The summed E-state index contributed by atoms with van der Waals surface area (Å²) in [6, 6.07) is 3.72. The highest BCUT2D eigenvalue weighted by atomic mass is 35.5. The lowest BCUT2D eigenvalue weighted by Crippen LogP contribution is -2.35. The minimum absolute atomic E-state index is 0.524. The number of pyridine rings is 1. The van der Waals surface area contributed by atoms with Gasteiger partial charge in [0, 0.05) is 23.6 Å². The number of hydrogen-bond donors (Lipinski definition) is 1. The number of halogens is 1. The van der Waals surface area contributed by atoms with Gasteiger partial charge in [-0.2, -0.15) is 0 Å². The number of nitrogens with zero attached hydrogens (tertiary/aromatic N) is 2. The van der Waals surface area contributed by atoms with Crippen LogP contribution in [0.25, 0.3) is 0 Å². The molecule has 0 bridgehead atoms. The Balaban J connectivity index is 2.36. The van der Waals surface area contributed by atoms with Gasteiger partial charge in [-0.3, -0.25) is 0 Å². The number of hydrogen-bond acceptors (Lipinski definition) is 3. The maximum absolute atomic E-state index is 8.32. The van der Waals surface area contributed by atoms with Gasteiger partial charge in [0.1, 0.15) is 6.61 Å². The molecule has 4 nitrogen and oxygen atoms in total. The maximum Gasteiger partial charge on any atom is 0.171 e. The summed E-state index contributed by atoms with van der Waals surface area (Å²) < 4.78 is 7.23. The first kappa shape index (κ1) is 11.9. The third-order valence-electron chi connectivity index (χ3n) is 1.84. The van der Waals surface area contributed by atoms with Crippen LogP contribution in [0.15, 0.2) is 29.7 Å². The van der Waals surface area contributed by atoms with Crippen molar-refractivity contribution < 1.29 is 14.5 Å². The van der Waals surface area contributed by atoms with Gasteiger partial charge in [-0.05, 0) is 0 Å². The molecule has 0 aliphatic carbocycles. The Bertz CT molecular complexity index is 301. The zero-order chi connectivity index (χ0) is 10.9. The van der Waals surface area contributed by atoms with Gasteiger partial charge in [0.15, 0.2) is 18.9 Å². The lowest BCUT2D eigenvalue weighted by atomic mass is 10.3. The van der Waals surface area contributed by atoms with E-state index in [4.69, 9.17) is 21.5 Å². The molecule has 0 aliphatic rings. The van der Waals surface area contributed by atoms with E-state index in [9.17, 15) is 0 Å². The first-order valence-corrected chi connectivity index (χ1v) is 5.20. The van der Waals surface area contributed by atoms with Crippen molar-refractivity contribution in [3.63, 3.8) is 0 Å². The predicted octanol–water partition coefficient (Wildman–Crippen LogP) is 1.04. The molecule has 0 radical (unpaired) electrons. The van der Waals surface area contributed by atoms with Gasteiger partial charge in [-0.15, -0.1) is 11.6 Å². The van der Waals surface area contributed by atoms with E-state index in [1.54, 1.807) is 0 Å². The molecule has 1 rings (SSSR count). The van der Waals surface area contributed by atoms with E-state index >= 15 is 0 Å². The summed E-state index contributed by atoms with van der Waals surface area (Å²) in [7, 11) is 0. The first-order valence-electron chi connectivity index (χ1n) is 4.67. The molecule has 0 aliphatic heterocycles. The third kappa shape index (κ3) is 4.76. The summed E-state index contributed by atoms with van der Waals surface area (Å²) in [6.07, 6.45) is 5.19. The molecular formula is C10H14ClN2O2+. The SMILES string of the molecule is O/N=C/c1cc[n+](CCOCCCl)cc1. The second kappa shape index (κ2) is 7.20. The third-order valence-corrected chi connectivity index (χ3v) is 1.99. The van der Waals surface area contributed by atoms with Crippen LogP contribution < -0.4 is 4.57 Å². The molecule has 82 valence electrons. The highest BCUT2D eigenvalue weighted by Gasteiger charge is 1.99. The van der Waals surface area contributed by atoms with Crippen LogP contribution in [0.2, 0.25) is 0 Å². The van der Waals surface area contributed by atoms with Gasteiger partial charge >= 0.3 is 0 Å². The quantitative estimate of drug-likeness (QED) is 0.198. The molecule has 0 atom stereocenters. The average Bonchev–Trinajstić information content (AvgIpc) is 2.27. The molecule has 5 heteroatoms. The van der Waals surface area contributed by atoms with Crippen molar-refractivity contribution in [3.05, 3.63) is 30.1 Å². The van der Waals surface area contributed by atoms with Crippen molar-refractivity contribution in [2.75, 3.05) is 19.1 Å². The van der Waals surface area contributed by atoms with Gasteiger partial charge in [-0.25, -0.2) is 4.57 Å². The molecule has 1 aromatic rings. The topological polar surface area (TPSA) is 45.7 Å². The lowest BCUT2D eigenvalue weighted by Gasteiger charge is -1.98.